The lowest BCUT2D eigenvalue weighted by Crippen LogP contribution is -2.54. The van der Waals surface area contributed by atoms with Gasteiger partial charge in [0.15, 0.2) is 0 Å². The van der Waals surface area contributed by atoms with Crippen LogP contribution in [-0.4, -0.2) is 29.9 Å². The smallest absolute Gasteiger partial charge is 0.317 e. The quantitative estimate of drug-likeness (QED) is 0.129. The van der Waals surface area contributed by atoms with Crippen molar-refractivity contribution < 1.29 is 14.7 Å². The first-order valence-electron chi connectivity index (χ1n) is 26.2. The minimum Gasteiger partial charge on any atom is -0.480 e. The van der Waals surface area contributed by atoms with E-state index in [4.69, 9.17) is 9.99 Å². The molecule has 0 radical (unpaired) electrons. The van der Waals surface area contributed by atoms with E-state index in [1.807, 2.05) is 0 Å². The van der Waals surface area contributed by atoms with Gasteiger partial charge < -0.3 is 15.3 Å². The van der Waals surface area contributed by atoms with Gasteiger partial charge in [0.1, 0.15) is 5.41 Å². The van der Waals surface area contributed by atoms with E-state index >= 15 is 0 Å². The van der Waals surface area contributed by atoms with Crippen molar-refractivity contribution in [2.75, 3.05) is 13.1 Å². The largest absolute Gasteiger partial charge is 0.480 e. The summed E-state index contributed by atoms with van der Waals surface area (Å²) in [7, 11) is 0. The summed E-state index contributed by atoms with van der Waals surface area (Å²) in [5.41, 5.74) is 5.62. The predicted octanol–water partition coefficient (Wildman–Crippen LogP) is 16.1. The summed E-state index contributed by atoms with van der Waals surface area (Å²) in [6.45, 7) is 0.580. The van der Waals surface area contributed by atoms with Gasteiger partial charge in [0.2, 0.25) is 5.60 Å². The first-order chi connectivity index (χ1) is 35.3. The summed E-state index contributed by atoms with van der Waals surface area (Å²) in [4.78, 5) is 19.9. The molecular formula is C66H10N2O3. The predicted molar refractivity (Wildman–Crippen MR) is 292 cm³/mol. The average Bonchev–Trinajstić information content (AvgIpc) is 4.39. The molecule has 0 amide bonds. The third kappa shape index (κ3) is 1.46. The second kappa shape index (κ2) is 6.17. The lowest BCUT2D eigenvalue weighted by molar-refractivity contribution is -0.135. The van der Waals surface area contributed by atoms with E-state index in [9.17, 15) is 9.90 Å². The highest BCUT2D eigenvalue weighted by molar-refractivity contribution is 6.82. The molecule has 33 rings (SSSR count). The van der Waals surface area contributed by atoms with Crippen molar-refractivity contribution in [2.45, 2.75) is 23.9 Å². The molecule has 2 spiro atoms. The maximum Gasteiger partial charge on any atom is 0.317 e. The topological polar surface area (TPSA) is 70.9 Å². The summed E-state index contributed by atoms with van der Waals surface area (Å²) >= 11 is 0. The molecule has 71 heavy (non-hydrogen) atoms. The summed E-state index contributed by atoms with van der Waals surface area (Å²) in [5, 5.41) is 104. The minimum atomic E-state index is -0.859. The zero-order valence-corrected chi connectivity index (χ0v) is 36.0. The van der Waals surface area contributed by atoms with Gasteiger partial charge in [-0.15, -0.1) is 0 Å². The molecule has 0 saturated carbocycles. The number of carbonyl (C=O) groups is 1. The van der Waals surface area contributed by atoms with Crippen molar-refractivity contribution in [2.24, 2.45) is 5.16 Å². The molecule has 4 aliphatic carbocycles. The average molecular weight is 879 g/mol. The van der Waals surface area contributed by atoms with Crippen molar-refractivity contribution in [3.05, 3.63) is 22.3 Å². The van der Waals surface area contributed by atoms with E-state index in [1.54, 1.807) is 248 Å². The van der Waals surface area contributed by atoms with Crippen LogP contribution in [0.5, 0.6) is 0 Å². The summed E-state index contributed by atoms with van der Waals surface area (Å²) in [6, 6.07) is 0. The van der Waals surface area contributed by atoms with E-state index in [0.717, 1.165) is 12.8 Å². The molecule has 0 aromatic heterocycles. The molecule has 2 N–H and O–H groups in total. The van der Waals surface area contributed by atoms with Crippen molar-refractivity contribution in [1.29, 1.82) is 0 Å². The number of hydrogen-bond acceptors (Lipinski definition) is 4. The van der Waals surface area contributed by atoms with Crippen LogP contribution in [0.2, 0.25) is 0 Å². The van der Waals surface area contributed by atoms with Gasteiger partial charge in [-0.3, -0.25) is 4.79 Å². The number of carboxylic acid groups (broad SMARTS) is 1. The Labute approximate surface area is 385 Å². The molecule has 5 aliphatic rings. The van der Waals surface area contributed by atoms with Crippen LogP contribution in [0.1, 0.15) is 35.1 Å². The fraction of sp³-hybridized carbons (Fsp3) is 0.0909. The van der Waals surface area contributed by atoms with Crippen molar-refractivity contribution in [3.63, 3.8) is 0 Å². The number of carboxylic acids is 1. The number of hydrogen-bond donors (Lipinski definition) is 2. The highest BCUT2D eigenvalue weighted by atomic mass is 16.7. The van der Waals surface area contributed by atoms with E-state index in [0.29, 0.717) is 6.54 Å². The van der Waals surface area contributed by atoms with Gasteiger partial charge in [-0.05, 0) is 321 Å². The highest BCUT2D eigenvalue weighted by Gasteiger charge is 2.76. The second-order valence-corrected chi connectivity index (χ2v) is 25.5. The molecule has 5 heteroatoms. The molecule has 1 aliphatic heterocycles. The van der Waals surface area contributed by atoms with E-state index < -0.39 is 17.0 Å². The molecule has 0 unspecified atom stereocenters. The van der Waals surface area contributed by atoms with Crippen LogP contribution >= 0.6 is 0 Å². The monoisotopic (exact) mass is 878 g/mol. The van der Waals surface area contributed by atoms with Crippen LogP contribution in [0.4, 0.5) is 0 Å². The fourth-order valence-corrected chi connectivity index (χ4v) is 24.8. The summed E-state index contributed by atoms with van der Waals surface area (Å²) in [5.74, 6) is -0.811. The highest BCUT2D eigenvalue weighted by Crippen LogP contribution is 2.85. The molecule has 0 saturated heterocycles. The molecule has 28 aromatic carbocycles. The van der Waals surface area contributed by atoms with Gasteiger partial charge in [-0.25, -0.2) is 0 Å². The third-order valence-corrected chi connectivity index (χ3v) is 25.0. The van der Waals surface area contributed by atoms with E-state index in [-0.39, 0.29) is 6.54 Å². The number of rotatable bonds is 6. The Bertz CT molecular complexity index is 7090. The number of oxime groups is 1. The van der Waals surface area contributed by atoms with Crippen molar-refractivity contribution >= 4 is 303 Å². The van der Waals surface area contributed by atoms with Crippen LogP contribution in [0.3, 0.4) is 0 Å². The first kappa shape index (κ1) is 26.9. The molecule has 0 bridgehead atoms. The third-order valence-electron chi connectivity index (χ3n) is 25.0. The number of aliphatic carboxylic acids is 1. The number of nitrogens with zero attached hydrogens (tertiary/aromatic N) is 1. The van der Waals surface area contributed by atoms with Crippen LogP contribution in [-0.2, 0) is 20.6 Å². The maximum atomic E-state index is 11.8. The Balaban J connectivity index is 1.11. The SMILES string of the molecule is O=C(O)CNCCCC1=NOC23c4c5c6c7c8c9c(c%10c%11c2c2c4c4c%12c5c5c6c6c8c8c%13c9c9c%10c%10c%11c%11c2c2c4c4c%12c%12c5c5c6c8c6c8c%13c9c9c%10c%10c%11c2c2c4c4c%12c5c6c5c8c9c%10c2c45)C173. The zero-order valence-electron chi connectivity index (χ0n) is 36.0. The van der Waals surface area contributed by atoms with Gasteiger partial charge in [-0.2, -0.15) is 0 Å². The number of nitrogens with one attached hydrogen (secondary N) is 1. The normalized spacial score (nSPS) is 22.2. The van der Waals surface area contributed by atoms with Gasteiger partial charge >= 0.3 is 5.97 Å². The molecule has 28 aromatic rings. The fourth-order valence-electron chi connectivity index (χ4n) is 24.8. The van der Waals surface area contributed by atoms with Crippen LogP contribution < -0.4 is 5.32 Å². The zero-order chi connectivity index (χ0) is 42.6. The molecule has 302 valence electrons. The van der Waals surface area contributed by atoms with Gasteiger partial charge in [0, 0.05) is 11.1 Å². The standard InChI is InChI=1S/C66H10N2O3/c69-6(70)4-67-3-1-2-5-65-61-53-45-35-25-17-9-7-8-11-15-13(9)21-29-23(15)33-27-19(11)20-12(8)16-14-10(7)18(17)26-32-22(14)30-24(16)34-28(20)38-37(27)49-43(33)51-41(29)47(39(45)31(21)25)55(61)57(51)63-59(49)60-50(38)44(34)52-42(30)48-40(32)46(36(26)35)54(53)62(65)56(48)58(52)64(60)66(63,65)71-68-5/h67H,1-4H2,(H,69,70). The van der Waals surface area contributed by atoms with E-state index in [1.165, 1.54) is 71.1 Å². The Morgan fingerprint density at radius 1 is 0.338 bits per heavy atom. The van der Waals surface area contributed by atoms with Crippen LogP contribution in [0.25, 0.3) is 291 Å². The Morgan fingerprint density at radius 2 is 0.549 bits per heavy atom. The first-order valence-corrected chi connectivity index (χ1v) is 26.2. The number of benzene rings is 18. The molecule has 0 fully saturated rings. The lowest BCUT2D eigenvalue weighted by atomic mass is 9.52. The van der Waals surface area contributed by atoms with Gasteiger partial charge in [0.25, 0.3) is 0 Å². The minimum absolute atomic E-state index is 0.0360. The molecular weight excluding hydrogens is 869 g/mol. The molecule has 5 nitrogen and oxygen atoms in total. The molecule has 0 atom stereocenters. The van der Waals surface area contributed by atoms with Crippen molar-refractivity contribution in [1.82, 2.24) is 5.32 Å². The van der Waals surface area contributed by atoms with Gasteiger partial charge in [0.05, 0.1) is 12.3 Å². The van der Waals surface area contributed by atoms with Crippen LogP contribution in [0, 0.1) is 0 Å². The maximum absolute atomic E-state index is 11.8. The Hall–Kier alpha value is -8.64. The van der Waals surface area contributed by atoms with E-state index in [2.05, 4.69) is 5.32 Å². The second-order valence-electron chi connectivity index (χ2n) is 25.5. The lowest BCUT2D eigenvalue weighted by Gasteiger charge is -2.47. The van der Waals surface area contributed by atoms with Crippen molar-refractivity contribution in [3.8, 4) is 0 Å². The Kier molecular flexibility index (Phi) is 2.34. The summed E-state index contributed by atoms with van der Waals surface area (Å²) < 4.78 is 0. The summed E-state index contributed by atoms with van der Waals surface area (Å²) in [6.07, 6.45) is 1.53. The Morgan fingerprint density at radius 3 is 0.775 bits per heavy atom. The van der Waals surface area contributed by atoms with Gasteiger partial charge in [-0.1, -0.05) is 5.16 Å². The molecule has 1 heterocycles. The van der Waals surface area contributed by atoms with Crippen LogP contribution in [0.15, 0.2) is 5.16 Å².